The maximum atomic E-state index is 12.8. The fourth-order valence-corrected chi connectivity index (χ4v) is 3.48. The van der Waals surface area contributed by atoms with Gasteiger partial charge in [0, 0.05) is 0 Å². The highest BCUT2D eigenvalue weighted by Crippen LogP contribution is 2.21. The highest BCUT2D eigenvalue weighted by Gasteiger charge is 2.21. The molecule has 0 spiro atoms. The van der Waals surface area contributed by atoms with Crippen molar-refractivity contribution < 1.29 is 22.3 Å². The summed E-state index contributed by atoms with van der Waals surface area (Å²) in [7, 11) is -3.46. The van der Waals surface area contributed by atoms with Crippen molar-refractivity contribution in [2.75, 3.05) is 11.1 Å². The number of nitrogens with one attached hydrogen (secondary N) is 1. The summed E-state index contributed by atoms with van der Waals surface area (Å²) in [5, 5.41) is 9.67. The summed E-state index contributed by atoms with van der Waals surface area (Å²) in [6, 6.07) is 5.23. The molecule has 0 saturated heterocycles. The van der Waals surface area contributed by atoms with Crippen molar-refractivity contribution in [1.29, 1.82) is 0 Å². The Kier molecular flexibility index (Phi) is 5.26. The van der Waals surface area contributed by atoms with Crippen LogP contribution in [0.1, 0.15) is 13.8 Å². The number of sulfone groups is 1. The molecular weight excluding hydrogens is 345 g/mol. The molecule has 7 nitrogen and oxygen atoms in total. The second-order valence-corrected chi connectivity index (χ2v) is 7.91. The van der Waals surface area contributed by atoms with Gasteiger partial charge in [-0.05, 0) is 31.2 Å². The van der Waals surface area contributed by atoms with Crippen LogP contribution < -0.4 is 10.1 Å². The van der Waals surface area contributed by atoms with Gasteiger partial charge in [-0.2, -0.15) is 0 Å². The fraction of sp³-hybridized carbons (Fsp3) is 0.308. The summed E-state index contributed by atoms with van der Waals surface area (Å²) < 4.78 is 41.3. The number of amides is 1. The van der Waals surface area contributed by atoms with Crippen LogP contribution in [0.25, 0.3) is 0 Å². The highest BCUT2D eigenvalue weighted by atomic mass is 32.2. The molecule has 2 aromatic rings. The third-order valence-electron chi connectivity index (χ3n) is 2.78. The van der Waals surface area contributed by atoms with Crippen molar-refractivity contribution in [2.45, 2.75) is 24.3 Å². The van der Waals surface area contributed by atoms with E-state index >= 15 is 0 Å². The van der Waals surface area contributed by atoms with E-state index in [0.29, 0.717) is 5.75 Å². The largest absolute Gasteiger partial charge is 0.481 e. The minimum absolute atomic E-state index is 0.0663. The number of halogens is 1. The zero-order chi connectivity index (χ0) is 17.0. The molecule has 0 radical (unpaired) electrons. The molecule has 10 heteroatoms. The number of benzene rings is 1. The Balaban J connectivity index is 2.00. The topological polar surface area (TPSA) is 98.3 Å². The number of hydrogen-bond acceptors (Lipinski definition) is 7. The number of ether oxygens (including phenoxy) is 1. The molecule has 1 aromatic carbocycles. The lowest BCUT2D eigenvalue weighted by Gasteiger charge is -2.13. The summed E-state index contributed by atoms with van der Waals surface area (Å²) in [4.78, 5) is 12.0. The molecule has 0 aliphatic heterocycles. The van der Waals surface area contributed by atoms with E-state index < -0.39 is 27.7 Å². The van der Waals surface area contributed by atoms with Crippen molar-refractivity contribution in [2.24, 2.45) is 0 Å². The summed E-state index contributed by atoms with van der Waals surface area (Å²) in [6.45, 7) is 3.00. The van der Waals surface area contributed by atoms with Gasteiger partial charge in [0.15, 0.2) is 6.10 Å². The third-order valence-corrected chi connectivity index (χ3v) is 5.80. The molecule has 1 aromatic heterocycles. The predicted octanol–water partition coefficient (Wildman–Crippen LogP) is 1.88. The smallest absolute Gasteiger partial charge is 0.266 e. The first-order valence-electron chi connectivity index (χ1n) is 6.61. The summed E-state index contributed by atoms with van der Waals surface area (Å²) >= 11 is 0.771. The Hall–Kier alpha value is -2.07. The van der Waals surface area contributed by atoms with Crippen molar-refractivity contribution >= 4 is 32.2 Å². The van der Waals surface area contributed by atoms with Crippen LogP contribution in [-0.4, -0.2) is 36.4 Å². The molecule has 0 fully saturated rings. The van der Waals surface area contributed by atoms with Gasteiger partial charge in [0.05, 0.1) is 5.75 Å². The normalized spacial score (nSPS) is 12.7. The molecule has 1 amide bonds. The molecule has 0 unspecified atom stereocenters. The lowest BCUT2D eigenvalue weighted by atomic mass is 10.3. The van der Waals surface area contributed by atoms with E-state index in [-0.39, 0.29) is 15.2 Å². The van der Waals surface area contributed by atoms with E-state index in [1.165, 1.54) is 38.1 Å². The van der Waals surface area contributed by atoms with Crippen LogP contribution in [-0.2, 0) is 14.6 Å². The molecule has 1 N–H and O–H groups in total. The monoisotopic (exact) mass is 359 g/mol. The van der Waals surface area contributed by atoms with Gasteiger partial charge in [-0.25, -0.2) is 12.8 Å². The van der Waals surface area contributed by atoms with Crippen LogP contribution in [0.4, 0.5) is 9.52 Å². The van der Waals surface area contributed by atoms with Gasteiger partial charge in [0.25, 0.3) is 5.91 Å². The van der Waals surface area contributed by atoms with Crippen LogP contribution in [0.15, 0.2) is 28.6 Å². The second-order valence-electron chi connectivity index (χ2n) is 4.48. The Morgan fingerprint density at radius 2 is 2.00 bits per heavy atom. The first kappa shape index (κ1) is 17.3. The van der Waals surface area contributed by atoms with Crippen LogP contribution in [0.3, 0.4) is 0 Å². The number of carbonyl (C=O) groups is 1. The van der Waals surface area contributed by atoms with Crippen LogP contribution >= 0.6 is 11.3 Å². The number of hydrogen-bond donors (Lipinski definition) is 1. The van der Waals surface area contributed by atoms with Gasteiger partial charge < -0.3 is 4.74 Å². The Morgan fingerprint density at radius 3 is 2.61 bits per heavy atom. The molecule has 0 aliphatic rings. The Bertz CT molecular complexity index is 790. The van der Waals surface area contributed by atoms with E-state index in [1.54, 1.807) is 0 Å². The minimum Gasteiger partial charge on any atom is -0.481 e. The van der Waals surface area contributed by atoms with Crippen molar-refractivity contribution in [3.8, 4) is 5.75 Å². The van der Waals surface area contributed by atoms with E-state index in [0.717, 1.165) is 11.3 Å². The average Bonchev–Trinajstić information content (AvgIpc) is 2.98. The Labute approximate surface area is 136 Å². The second kappa shape index (κ2) is 7.01. The number of nitrogens with zero attached hydrogens (tertiary/aromatic N) is 2. The van der Waals surface area contributed by atoms with Gasteiger partial charge in [-0.3, -0.25) is 10.1 Å². The van der Waals surface area contributed by atoms with E-state index in [2.05, 4.69) is 15.5 Å². The number of rotatable bonds is 6. The number of aromatic nitrogens is 2. The first-order chi connectivity index (χ1) is 10.8. The first-order valence-corrected chi connectivity index (χ1v) is 9.08. The van der Waals surface area contributed by atoms with Crippen molar-refractivity contribution in [3.63, 3.8) is 0 Å². The van der Waals surface area contributed by atoms with Crippen molar-refractivity contribution in [1.82, 2.24) is 10.2 Å². The zero-order valence-corrected chi connectivity index (χ0v) is 13.9. The molecule has 1 heterocycles. The van der Waals surface area contributed by atoms with E-state index in [4.69, 9.17) is 4.74 Å². The molecule has 124 valence electrons. The standard InChI is InChI=1S/C13H14FN3O4S2/c1-3-23(19,20)13-17-16-12(22-13)15-11(18)8(2)21-10-6-4-9(14)5-7-10/h4-8H,3H2,1-2H3,(H,15,16,18)/t8-/m1/s1. The molecule has 1 atom stereocenters. The quantitative estimate of drug-likeness (QED) is 0.791. The summed E-state index contributed by atoms with van der Waals surface area (Å²) in [6.07, 6.45) is -0.879. The lowest BCUT2D eigenvalue weighted by molar-refractivity contribution is -0.122. The third kappa shape index (κ3) is 4.45. The molecule has 0 bridgehead atoms. The highest BCUT2D eigenvalue weighted by molar-refractivity contribution is 7.93. The lowest BCUT2D eigenvalue weighted by Crippen LogP contribution is -2.30. The minimum atomic E-state index is -3.46. The van der Waals surface area contributed by atoms with E-state index in [9.17, 15) is 17.6 Å². The zero-order valence-electron chi connectivity index (χ0n) is 12.3. The molecule has 23 heavy (non-hydrogen) atoms. The van der Waals surface area contributed by atoms with Gasteiger partial charge in [0.1, 0.15) is 11.6 Å². The van der Waals surface area contributed by atoms with Crippen LogP contribution in [0.2, 0.25) is 0 Å². The van der Waals surface area contributed by atoms with Crippen LogP contribution in [0.5, 0.6) is 5.75 Å². The fourth-order valence-electron chi connectivity index (χ4n) is 1.49. The summed E-state index contributed by atoms with van der Waals surface area (Å²) in [5.41, 5.74) is 0. The van der Waals surface area contributed by atoms with Gasteiger partial charge in [0.2, 0.25) is 19.3 Å². The van der Waals surface area contributed by atoms with E-state index in [1.807, 2.05) is 0 Å². The van der Waals surface area contributed by atoms with Gasteiger partial charge >= 0.3 is 0 Å². The van der Waals surface area contributed by atoms with Gasteiger partial charge in [-0.1, -0.05) is 18.3 Å². The van der Waals surface area contributed by atoms with Crippen LogP contribution in [0, 0.1) is 5.82 Å². The predicted molar refractivity (Wildman–Crippen MR) is 82.8 cm³/mol. The Morgan fingerprint density at radius 1 is 1.35 bits per heavy atom. The molecular formula is C13H14FN3O4S2. The number of anilines is 1. The molecule has 2 rings (SSSR count). The maximum absolute atomic E-state index is 12.8. The SMILES string of the molecule is CCS(=O)(=O)c1nnc(NC(=O)[C@@H](C)Oc2ccc(F)cc2)s1. The average molecular weight is 359 g/mol. The van der Waals surface area contributed by atoms with Gasteiger partial charge in [-0.15, -0.1) is 10.2 Å². The molecule has 0 aliphatic carbocycles. The maximum Gasteiger partial charge on any atom is 0.266 e. The van der Waals surface area contributed by atoms with Crippen molar-refractivity contribution in [3.05, 3.63) is 30.1 Å². The number of carbonyl (C=O) groups excluding carboxylic acids is 1. The molecule has 0 saturated carbocycles. The summed E-state index contributed by atoms with van der Waals surface area (Å²) in [5.74, 6) is -0.695.